The molecule has 0 aliphatic heterocycles. The molecule has 0 aliphatic carbocycles. The lowest BCUT2D eigenvalue weighted by atomic mass is 10.1. The lowest BCUT2D eigenvalue weighted by Crippen LogP contribution is -2.42. The molecule has 0 amide bonds. The summed E-state index contributed by atoms with van der Waals surface area (Å²) in [5.74, 6) is 0.581. The first-order valence-electron chi connectivity index (χ1n) is 5.45. The molecule has 0 radical (unpaired) electrons. The summed E-state index contributed by atoms with van der Waals surface area (Å²) >= 11 is 0. The zero-order valence-corrected chi connectivity index (χ0v) is 10.4. The van der Waals surface area contributed by atoms with Gasteiger partial charge in [-0.15, -0.1) is 0 Å². The highest BCUT2D eigenvalue weighted by Crippen LogP contribution is 2.19. The summed E-state index contributed by atoms with van der Waals surface area (Å²) in [4.78, 5) is 0. The molecule has 1 aromatic rings. The first kappa shape index (κ1) is 13.5. The van der Waals surface area contributed by atoms with E-state index in [0.29, 0.717) is 17.9 Å². The van der Waals surface area contributed by atoms with Crippen molar-refractivity contribution in [3.05, 3.63) is 29.3 Å². The number of methoxy groups -OCH3 is 1. The van der Waals surface area contributed by atoms with Crippen molar-refractivity contribution in [3.63, 3.8) is 0 Å². The Labute approximate surface area is 102 Å². The van der Waals surface area contributed by atoms with Crippen LogP contribution in [0.1, 0.15) is 25.0 Å². The fourth-order valence-electron chi connectivity index (χ4n) is 1.35. The van der Waals surface area contributed by atoms with Crippen molar-refractivity contribution in [1.29, 1.82) is 5.26 Å². The molecule has 0 heterocycles. The minimum Gasteiger partial charge on any atom is -0.495 e. The molecule has 0 atom stereocenters. The Balaban J connectivity index is 2.77. The quantitative estimate of drug-likeness (QED) is 0.808. The number of aliphatic hydroxyl groups excluding tert-OH is 1. The van der Waals surface area contributed by atoms with Crippen LogP contribution in [0.3, 0.4) is 0 Å². The van der Waals surface area contributed by atoms with Crippen LogP contribution in [0.5, 0.6) is 5.75 Å². The first-order valence-corrected chi connectivity index (χ1v) is 5.45. The van der Waals surface area contributed by atoms with E-state index >= 15 is 0 Å². The van der Waals surface area contributed by atoms with E-state index < -0.39 is 0 Å². The molecule has 0 bridgehead atoms. The average Bonchev–Trinajstić information content (AvgIpc) is 2.36. The van der Waals surface area contributed by atoms with Crippen LogP contribution in [0.25, 0.3) is 0 Å². The Kier molecular flexibility index (Phi) is 4.50. The Bertz CT molecular complexity index is 422. The van der Waals surface area contributed by atoms with Crippen molar-refractivity contribution in [2.45, 2.75) is 25.9 Å². The second kappa shape index (κ2) is 5.67. The van der Waals surface area contributed by atoms with E-state index in [1.165, 1.54) is 0 Å². The van der Waals surface area contributed by atoms with Crippen molar-refractivity contribution in [2.75, 3.05) is 13.7 Å². The first-order chi connectivity index (χ1) is 8.02. The van der Waals surface area contributed by atoms with E-state index in [-0.39, 0.29) is 12.1 Å². The van der Waals surface area contributed by atoms with Crippen molar-refractivity contribution < 1.29 is 9.84 Å². The number of benzene rings is 1. The van der Waals surface area contributed by atoms with Gasteiger partial charge in [0.2, 0.25) is 0 Å². The number of nitriles is 1. The van der Waals surface area contributed by atoms with Gasteiger partial charge in [-0.3, -0.25) is 0 Å². The summed E-state index contributed by atoms with van der Waals surface area (Å²) in [5, 5.41) is 21.3. The zero-order chi connectivity index (χ0) is 12.9. The summed E-state index contributed by atoms with van der Waals surface area (Å²) < 4.78 is 5.07. The third kappa shape index (κ3) is 3.74. The van der Waals surface area contributed by atoms with E-state index in [0.717, 1.165) is 5.56 Å². The van der Waals surface area contributed by atoms with E-state index in [1.54, 1.807) is 19.2 Å². The van der Waals surface area contributed by atoms with E-state index in [9.17, 15) is 0 Å². The van der Waals surface area contributed by atoms with Gasteiger partial charge in [0, 0.05) is 12.1 Å². The largest absolute Gasteiger partial charge is 0.495 e. The average molecular weight is 234 g/mol. The number of ether oxygens (including phenoxy) is 1. The van der Waals surface area contributed by atoms with Gasteiger partial charge >= 0.3 is 0 Å². The predicted molar refractivity (Wildman–Crippen MR) is 65.7 cm³/mol. The molecule has 4 nitrogen and oxygen atoms in total. The van der Waals surface area contributed by atoms with Crippen LogP contribution in [0, 0.1) is 11.3 Å². The summed E-state index contributed by atoms with van der Waals surface area (Å²) in [5.41, 5.74) is 1.18. The van der Waals surface area contributed by atoms with Crippen LogP contribution in [0.2, 0.25) is 0 Å². The highest BCUT2D eigenvalue weighted by molar-refractivity contribution is 5.45. The standard InChI is InChI=1S/C13H18N2O2/c1-13(2,9-16)15-8-10-4-5-12(17-3)11(6-10)7-14/h4-6,15-16H,8-9H2,1-3H3. The van der Waals surface area contributed by atoms with E-state index in [4.69, 9.17) is 15.1 Å². The third-order valence-corrected chi connectivity index (χ3v) is 2.55. The maximum absolute atomic E-state index is 9.12. The smallest absolute Gasteiger partial charge is 0.136 e. The number of rotatable bonds is 5. The number of hydrogen-bond acceptors (Lipinski definition) is 4. The van der Waals surface area contributed by atoms with Gasteiger partial charge in [0.15, 0.2) is 0 Å². The number of nitrogens with one attached hydrogen (secondary N) is 1. The Hall–Kier alpha value is -1.57. The van der Waals surface area contributed by atoms with Crippen LogP contribution in [-0.2, 0) is 6.54 Å². The molecule has 2 N–H and O–H groups in total. The van der Waals surface area contributed by atoms with E-state index in [2.05, 4.69) is 11.4 Å². The molecular formula is C13H18N2O2. The highest BCUT2D eigenvalue weighted by Gasteiger charge is 2.15. The molecule has 0 unspecified atom stereocenters. The Morgan fingerprint density at radius 2 is 2.18 bits per heavy atom. The topological polar surface area (TPSA) is 65.3 Å². The fourth-order valence-corrected chi connectivity index (χ4v) is 1.35. The fraction of sp³-hybridized carbons (Fsp3) is 0.462. The molecule has 4 heteroatoms. The molecule has 0 aromatic heterocycles. The third-order valence-electron chi connectivity index (χ3n) is 2.55. The van der Waals surface area contributed by atoms with Gasteiger partial charge in [-0.25, -0.2) is 0 Å². The van der Waals surface area contributed by atoms with Gasteiger partial charge in [-0.2, -0.15) is 5.26 Å². The molecule has 0 spiro atoms. The normalized spacial score (nSPS) is 11.0. The van der Waals surface area contributed by atoms with Crippen LogP contribution in [-0.4, -0.2) is 24.4 Å². The lowest BCUT2D eigenvalue weighted by Gasteiger charge is -2.23. The number of hydrogen-bond donors (Lipinski definition) is 2. The maximum Gasteiger partial charge on any atom is 0.136 e. The molecule has 17 heavy (non-hydrogen) atoms. The van der Waals surface area contributed by atoms with Crippen molar-refractivity contribution in [2.24, 2.45) is 0 Å². The Morgan fingerprint density at radius 1 is 1.47 bits per heavy atom. The van der Waals surface area contributed by atoms with Crippen molar-refractivity contribution in [3.8, 4) is 11.8 Å². The molecule has 92 valence electrons. The molecule has 0 saturated heterocycles. The van der Waals surface area contributed by atoms with Crippen LogP contribution >= 0.6 is 0 Å². The molecule has 0 fully saturated rings. The molecule has 0 saturated carbocycles. The van der Waals surface area contributed by atoms with Crippen molar-refractivity contribution in [1.82, 2.24) is 5.32 Å². The van der Waals surface area contributed by atoms with Gasteiger partial charge in [-0.1, -0.05) is 6.07 Å². The number of aliphatic hydroxyl groups is 1. The lowest BCUT2D eigenvalue weighted by molar-refractivity contribution is 0.187. The minimum atomic E-state index is -0.327. The van der Waals surface area contributed by atoms with Gasteiger partial charge in [0.25, 0.3) is 0 Å². The second-order valence-electron chi connectivity index (χ2n) is 4.54. The van der Waals surface area contributed by atoms with Crippen LogP contribution in [0.4, 0.5) is 0 Å². The monoisotopic (exact) mass is 234 g/mol. The predicted octanol–water partition coefficient (Wildman–Crippen LogP) is 1.43. The highest BCUT2D eigenvalue weighted by atomic mass is 16.5. The van der Waals surface area contributed by atoms with Gasteiger partial charge < -0.3 is 15.2 Å². The van der Waals surface area contributed by atoms with Crippen LogP contribution in [0.15, 0.2) is 18.2 Å². The zero-order valence-electron chi connectivity index (χ0n) is 10.4. The van der Waals surface area contributed by atoms with Crippen molar-refractivity contribution >= 4 is 0 Å². The molecule has 1 aromatic carbocycles. The van der Waals surface area contributed by atoms with Gasteiger partial charge in [0.1, 0.15) is 11.8 Å². The molecule has 1 rings (SSSR count). The molecular weight excluding hydrogens is 216 g/mol. The van der Waals surface area contributed by atoms with Gasteiger partial charge in [0.05, 0.1) is 19.3 Å². The van der Waals surface area contributed by atoms with Gasteiger partial charge in [-0.05, 0) is 31.5 Å². The molecule has 0 aliphatic rings. The van der Waals surface area contributed by atoms with Crippen LogP contribution < -0.4 is 10.1 Å². The number of nitrogens with zero attached hydrogens (tertiary/aromatic N) is 1. The maximum atomic E-state index is 9.12. The summed E-state index contributed by atoms with van der Waals surface area (Å²) in [6.45, 7) is 4.50. The summed E-state index contributed by atoms with van der Waals surface area (Å²) in [7, 11) is 1.54. The summed E-state index contributed by atoms with van der Waals surface area (Å²) in [6, 6.07) is 7.57. The SMILES string of the molecule is COc1ccc(CNC(C)(C)CO)cc1C#N. The summed E-state index contributed by atoms with van der Waals surface area (Å²) in [6.07, 6.45) is 0. The Morgan fingerprint density at radius 3 is 2.71 bits per heavy atom. The minimum absolute atomic E-state index is 0.0638. The second-order valence-corrected chi connectivity index (χ2v) is 4.54. The van der Waals surface area contributed by atoms with E-state index in [1.807, 2.05) is 19.9 Å².